The van der Waals surface area contributed by atoms with E-state index in [1.54, 1.807) is 31.2 Å². The zero-order valence-electron chi connectivity index (χ0n) is 19.1. The zero-order chi connectivity index (χ0) is 24.9. The first-order valence-electron chi connectivity index (χ1n) is 10.8. The molecule has 1 heterocycles. The molecule has 0 fully saturated rings. The first kappa shape index (κ1) is 25.3. The number of alkyl halides is 3. The van der Waals surface area contributed by atoms with Crippen molar-refractivity contribution < 1.29 is 37.3 Å². The fraction of sp³-hybridized carbons (Fsp3) is 0.360. The molecule has 0 saturated heterocycles. The normalized spacial score (nSPS) is 12.7. The summed E-state index contributed by atoms with van der Waals surface area (Å²) in [6, 6.07) is 10.3. The fourth-order valence-corrected chi connectivity index (χ4v) is 3.45. The average molecular weight is 477 g/mol. The molecule has 0 amide bonds. The van der Waals surface area contributed by atoms with E-state index >= 15 is 0 Å². The summed E-state index contributed by atoms with van der Waals surface area (Å²) in [5.74, 6) is -0.207. The van der Waals surface area contributed by atoms with Crippen LogP contribution in [0.2, 0.25) is 0 Å². The molecule has 0 spiro atoms. The molecule has 1 atom stereocenters. The van der Waals surface area contributed by atoms with E-state index in [0.29, 0.717) is 28.0 Å². The molecule has 0 aliphatic rings. The minimum atomic E-state index is -4.48. The largest absolute Gasteiger partial charge is 0.490 e. The van der Waals surface area contributed by atoms with Gasteiger partial charge in [-0.05, 0) is 50.6 Å². The molecule has 9 heteroatoms. The molecule has 0 bridgehead atoms. The predicted octanol–water partition coefficient (Wildman–Crippen LogP) is 5.65. The summed E-state index contributed by atoms with van der Waals surface area (Å²) < 4.78 is 56.6. The molecule has 0 saturated carbocycles. The average Bonchev–Trinajstić information content (AvgIpc) is 2.77. The Balaban J connectivity index is 1.91. The Morgan fingerprint density at radius 1 is 1.12 bits per heavy atom. The molecular formula is C25H26F3NO5. The first-order valence-corrected chi connectivity index (χ1v) is 10.8. The van der Waals surface area contributed by atoms with E-state index in [2.05, 4.69) is 4.98 Å². The highest BCUT2D eigenvalue weighted by atomic mass is 19.4. The summed E-state index contributed by atoms with van der Waals surface area (Å²) in [6.07, 6.45) is -4.18. The van der Waals surface area contributed by atoms with E-state index in [0.717, 1.165) is 12.1 Å². The van der Waals surface area contributed by atoms with Gasteiger partial charge < -0.3 is 19.3 Å². The number of aliphatic carboxylic acids is 1. The maximum absolute atomic E-state index is 13.1. The van der Waals surface area contributed by atoms with Crippen molar-refractivity contribution in [1.29, 1.82) is 0 Å². The Kier molecular flexibility index (Phi) is 7.98. The Morgan fingerprint density at radius 2 is 1.85 bits per heavy atom. The van der Waals surface area contributed by atoms with Gasteiger partial charge in [-0.15, -0.1) is 0 Å². The van der Waals surface area contributed by atoms with Gasteiger partial charge in [0, 0.05) is 24.6 Å². The molecule has 0 aliphatic heterocycles. The number of ether oxygens (including phenoxy) is 3. The Bertz CT molecular complexity index is 1150. The van der Waals surface area contributed by atoms with Crippen LogP contribution in [0.15, 0.2) is 48.7 Å². The molecule has 0 aliphatic carbocycles. The van der Waals surface area contributed by atoms with Crippen LogP contribution >= 0.6 is 0 Å². The van der Waals surface area contributed by atoms with Gasteiger partial charge in [-0.2, -0.15) is 13.2 Å². The van der Waals surface area contributed by atoms with E-state index in [4.69, 9.17) is 14.2 Å². The molecule has 3 rings (SSSR count). The molecule has 1 N–H and O–H groups in total. The number of nitrogens with zero attached hydrogens (tertiary/aromatic N) is 1. The lowest BCUT2D eigenvalue weighted by molar-refractivity contribution is -0.150. The standard InChI is InChI=1S/C25H26F3NO5/c1-4-32-22(24(30)31)11-16-7-5-6-8-21(16)33-14-17-13-29-20-12-18(25(26,27)28)9-10-19(20)23(17)34-15(2)3/h5-10,12-13,15,22H,4,11,14H2,1-3H3,(H,30,31). The van der Waals surface area contributed by atoms with Gasteiger partial charge in [0.2, 0.25) is 0 Å². The van der Waals surface area contributed by atoms with Crippen LogP contribution in [0, 0.1) is 0 Å². The third kappa shape index (κ3) is 6.17. The van der Waals surface area contributed by atoms with Crippen LogP contribution in [0.1, 0.15) is 37.5 Å². The number of hydrogen-bond donors (Lipinski definition) is 1. The van der Waals surface area contributed by atoms with Crippen molar-refractivity contribution in [1.82, 2.24) is 4.98 Å². The molecular weight excluding hydrogens is 451 g/mol. The summed E-state index contributed by atoms with van der Waals surface area (Å²) in [7, 11) is 0. The van der Waals surface area contributed by atoms with Crippen LogP contribution in [0.25, 0.3) is 10.9 Å². The van der Waals surface area contributed by atoms with E-state index in [9.17, 15) is 23.1 Å². The lowest BCUT2D eigenvalue weighted by Gasteiger charge is -2.19. The number of benzene rings is 2. The number of pyridine rings is 1. The molecule has 2 aromatic carbocycles. The summed E-state index contributed by atoms with van der Waals surface area (Å²) in [5, 5.41) is 9.84. The maximum atomic E-state index is 13.1. The van der Waals surface area contributed by atoms with Crippen LogP contribution in [-0.2, 0) is 28.7 Å². The number of carboxylic acids is 1. The van der Waals surface area contributed by atoms with Crippen molar-refractivity contribution in [3.63, 3.8) is 0 Å². The number of para-hydroxylation sites is 1. The van der Waals surface area contributed by atoms with Gasteiger partial charge in [-0.25, -0.2) is 4.79 Å². The highest BCUT2D eigenvalue weighted by molar-refractivity contribution is 5.86. The second-order valence-corrected chi connectivity index (χ2v) is 7.89. The van der Waals surface area contributed by atoms with Gasteiger partial charge in [0.25, 0.3) is 0 Å². The number of rotatable bonds is 10. The monoisotopic (exact) mass is 477 g/mol. The molecule has 1 aromatic heterocycles. The number of carbonyl (C=O) groups is 1. The molecule has 3 aromatic rings. The number of aromatic nitrogens is 1. The molecule has 182 valence electrons. The van der Waals surface area contributed by atoms with Gasteiger partial charge >= 0.3 is 12.1 Å². The highest BCUT2D eigenvalue weighted by Gasteiger charge is 2.31. The Labute approximate surface area is 195 Å². The van der Waals surface area contributed by atoms with Crippen molar-refractivity contribution in [2.45, 2.75) is 52.2 Å². The summed E-state index contributed by atoms with van der Waals surface area (Å²) in [6.45, 7) is 5.63. The predicted molar refractivity (Wildman–Crippen MR) is 120 cm³/mol. The zero-order valence-corrected chi connectivity index (χ0v) is 19.1. The van der Waals surface area contributed by atoms with Crippen molar-refractivity contribution >= 4 is 16.9 Å². The van der Waals surface area contributed by atoms with E-state index in [1.807, 2.05) is 13.8 Å². The maximum Gasteiger partial charge on any atom is 0.416 e. The number of carboxylic acid groups (broad SMARTS) is 1. The van der Waals surface area contributed by atoms with Crippen LogP contribution < -0.4 is 9.47 Å². The van der Waals surface area contributed by atoms with Crippen LogP contribution in [0.3, 0.4) is 0 Å². The SMILES string of the molecule is CCOC(Cc1ccccc1OCc1cnc2cc(C(F)(F)F)ccc2c1OC(C)C)C(=O)O. The van der Waals surface area contributed by atoms with Crippen molar-refractivity contribution in [2.75, 3.05) is 6.61 Å². The lowest BCUT2D eigenvalue weighted by atomic mass is 10.1. The summed E-state index contributed by atoms with van der Waals surface area (Å²) >= 11 is 0. The quantitative estimate of drug-likeness (QED) is 0.407. The van der Waals surface area contributed by atoms with E-state index in [1.165, 1.54) is 12.3 Å². The number of hydrogen-bond acceptors (Lipinski definition) is 5. The van der Waals surface area contributed by atoms with Gasteiger partial charge in [0.05, 0.1) is 22.7 Å². The third-order valence-electron chi connectivity index (χ3n) is 4.98. The van der Waals surface area contributed by atoms with Crippen molar-refractivity contribution in [3.8, 4) is 11.5 Å². The lowest BCUT2D eigenvalue weighted by Crippen LogP contribution is -2.26. The molecule has 0 radical (unpaired) electrons. The molecule has 34 heavy (non-hydrogen) atoms. The summed E-state index contributed by atoms with van der Waals surface area (Å²) in [4.78, 5) is 15.7. The second-order valence-electron chi connectivity index (χ2n) is 7.89. The number of fused-ring (bicyclic) bond motifs is 1. The fourth-order valence-electron chi connectivity index (χ4n) is 3.45. The molecule has 1 unspecified atom stereocenters. The third-order valence-corrected chi connectivity index (χ3v) is 4.98. The first-order chi connectivity index (χ1) is 16.1. The van der Waals surface area contributed by atoms with Crippen LogP contribution in [-0.4, -0.2) is 34.9 Å². The van der Waals surface area contributed by atoms with E-state index < -0.39 is 23.8 Å². The smallest absolute Gasteiger partial charge is 0.416 e. The van der Waals surface area contributed by atoms with Gasteiger partial charge in [-0.3, -0.25) is 4.98 Å². The number of halogens is 3. The van der Waals surface area contributed by atoms with Gasteiger partial charge in [0.15, 0.2) is 6.10 Å². The minimum Gasteiger partial charge on any atom is -0.490 e. The highest BCUT2D eigenvalue weighted by Crippen LogP contribution is 2.35. The van der Waals surface area contributed by atoms with Crippen molar-refractivity contribution in [3.05, 3.63) is 65.4 Å². The van der Waals surface area contributed by atoms with Crippen LogP contribution in [0.4, 0.5) is 13.2 Å². The molecule has 6 nitrogen and oxygen atoms in total. The van der Waals surface area contributed by atoms with Crippen molar-refractivity contribution in [2.24, 2.45) is 0 Å². The van der Waals surface area contributed by atoms with Crippen LogP contribution in [0.5, 0.6) is 11.5 Å². The van der Waals surface area contributed by atoms with E-state index in [-0.39, 0.29) is 31.3 Å². The topological polar surface area (TPSA) is 77.9 Å². The Morgan fingerprint density at radius 3 is 2.50 bits per heavy atom. The summed E-state index contributed by atoms with van der Waals surface area (Å²) in [5.41, 5.74) is 0.576. The Hall–Kier alpha value is -3.33. The second kappa shape index (κ2) is 10.7. The minimum absolute atomic E-state index is 0.0232. The van der Waals surface area contributed by atoms with Gasteiger partial charge in [-0.1, -0.05) is 18.2 Å². The van der Waals surface area contributed by atoms with Gasteiger partial charge in [0.1, 0.15) is 18.1 Å².